The molecule has 0 radical (unpaired) electrons. The van der Waals surface area contributed by atoms with Crippen LogP contribution in [0.4, 0.5) is 0 Å². The average Bonchev–Trinajstić information content (AvgIpc) is 2.21. The van der Waals surface area contributed by atoms with Crippen molar-refractivity contribution in [3.8, 4) is 18.1 Å². The maximum atomic E-state index is 9.50. The maximum Gasteiger partial charge on any atom is 0.143 e. The summed E-state index contributed by atoms with van der Waals surface area (Å²) in [5.74, 6) is 2.79. The van der Waals surface area contributed by atoms with Crippen LogP contribution < -0.4 is 5.32 Å². The fraction of sp³-hybridized carbons (Fsp3) is 0.273. The highest BCUT2D eigenvalue weighted by Gasteiger charge is 2.05. The van der Waals surface area contributed by atoms with Crippen molar-refractivity contribution in [3.05, 3.63) is 26.6 Å². The van der Waals surface area contributed by atoms with Crippen LogP contribution in [-0.4, -0.2) is 11.7 Å². The van der Waals surface area contributed by atoms with Crippen LogP contribution in [0.5, 0.6) is 5.75 Å². The van der Waals surface area contributed by atoms with Gasteiger partial charge in [0.25, 0.3) is 0 Å². The maximum absolute atomic E-state index is 9.50. The van der Waals surface area contributed by atoms with Gasteiger partial charge in [-0.1, -0.05) is 0 Å². The summed E-state index contributed by atoms with van der Waals surface area (Å²) in [6.45, 7) is 1.53. The predicted octanol–water partition coefficient (Wildman–Crippen LogP) is 3.03. The first-order valence-electron chi connectivity index (χ1n) is 4.46. The molecule has 0 fully saturated rings. The number of hydrogen-bond acceptors (Lipinski definition) is 2. The van der Waals surface area contributed by atoms with E-state index in [2.05, 4.69) is 43.1 Å². The minimum Gasteiger partial charge on any atom is -0.506 e. The SMILES string of the molecule is C#CCCNCc1cc(Br)c(O)c(Br)c1. The van der Waals surface area contributed by atoms with Gasteiger partial charge in [0.2, 0.25) is 0 Å². The summed E-state index contributed by atoms with van der Waals surface area (Å²) in [7, 11) is 0. The number of aromatic hydroxyl groups is 1. The number of benzene rings is 1. The van der Waals surface area contributed by atoms with E-state index in [-0.39, 0.29) is 5.75 Å². The van der Waals surface area contributed by atoms with Gasteiger partial charge in [0.1, 0.15) is 5.75 Å². The number of phenols is 1. The molecule has 0 bridgehead atoms. The average molecular weight is 333 g/mol. The van der Waals surface area contributed by atoms with Gasteiger partial charge in [-0.3, -0.25) is 0 Å². The molecule has 0 amide bonds. The Morgan fingerprint density at radius 2 is 1.93 bits per heavy atom. The lowest BCUT2D eigenvalue weighted by Gasteiger charge is -2.06. The van der Waals surface area contributed by atoms with E-state index < -0.39 is 0 Å². The molecule has 1 aromatic carbocycles. The second kappa shape index (κ2) is 6.16. The second-order valence-corrected chi connectivity index (χ2v) is 4.75. The van der Waals surface area contributed by atoms with Gasteiger partial charge in [0.05, 0.1) is 8.95 Å². The van der Waals surface area contributed by atoms with Crippen LogP contribution in [0.3, 0.4) is 0 Å². The van der Waals surface area contributed by atoms with Crippen molar-refractivity contribution >= 4 is 31.9 Å². The standard InChI is InChI=1S/C11H11Br2NO/c1-2-3-4-14-7-8-5-9(12)11(15)10(13)6-8/h1,5-6,14-15H,3-4,7H2. The number of phenolic OH excluding ortho intramolecular Hbond substituents is 1. The molecular weight excluding hydrogens is 322 g/mol. The van der Waals surface area contributed by atoms with E-state index in [1.807, 2.05) is 12.1 Å². The molecule has 1 aromatic rings. The van der Waals surface area contributed by atoms with Crippen LogP contribution >= 0.6 is 31.9 Å². The van der Waals surface area contributed by atoms with Crippen molar-refractivity contribution in [2.24, 2.45) is 0 Å². The van der Waals surface area contributed by atoms with Crippen LogP contribution in [0.2, 0.25) is 0 Å². The van der Waals surface area contributed by atoms with Crippen LogP contribution in [-0.2, 0) is 6.54 Å². The molecule has 0 atom stereocenters. The molecule has 0 spiro atoms. The molecule has 2 nitrogen and oxygen atoms in total. The summed E-state index contributed by atoms with van der Waals surface area (Å²) in [4.78, 5) is 0. The molecule has 0 aliphatic carbocycles. The zero-order valence-electron chi connectivity index (χ0n) is 8.06. The van der Waals surface area contributed by atoms with Crippen LogP contribution in [0.15, 0.2) is 21.1 Å². The van der Waals surface area contributed by atoms with E-state index in [0.29, 0.717) is 8.95 Å². The minimum absolute atomic E-state index is 0.224. The monoisotopic (exact) mass is 331 g/mol. The normalized spacial score (nSPS) is 9.93. The molecule has 0 aliphatic rings. The molecule has 0 aliphatic heterocycles. The molecule has 4 heteroatoms. The highest BCUT2D eigenvalue weighted by Crippen LogP contribution is 2.33. The van der Waals surface area contributed by atoms with E-state index >= 15 is 0 Å². The van der Waals surface area contributed by atoms with E-state index in [0.717, 1.165) is 25.1 Å². The van der Waals surface area contributed by atoms with Crippen molar-refractivity contribution < 1.29 is 5.11 Å². The summed E-state index contributed by atoms with van der Waals surface area (Å²) in [5.41, 5.74) is 1.09. The molecule has 80 valence electrons. The van der Waals surface area contributed by atoms with Gasteiger partial charge in [-0.05, 0) is 49.6 Å². The van der Waals surface area contributed by atoms with Crippen molar-refractivity contribution in [1.29, 1.82) is 0 Å². The van der Waals surface area contributed by atoms with Crippen LogP contribution in [0.1, 0.15) is 12.0 Å². The molecule has 1 rings (SSSR count). The van der Waals surface area contributed by atoms with Gasteiger partial charge in [-0.2, -0.15) is 0 Å². The Bertz CT molecular complexity index is 362. The zero-order chi connectivity index (χ0) is 11.3. The lowest BCUT2D eigenvalue weighted by Crippen LogP contribution is -2.14. The molecule has 0 saturated carbocycles. The van der Waals surface area contributed by atoms with E-state index in [9.17, 15) is 5.11 Å². The van der Waals surface area contributed by atoms with Gasteiger partial charge in [0.15, 0.2) is 0 Å². The molecule has 0 unspecified atom stereocenters. The van der Waals surface area contributed by atoms with Crippen molar-refractivity contribution in [1.82, 2.24) is 5.32 Å². The number of halogens is 2. The minimum atomic E-state index is 0.224. The van der Waals surface area contributed by atoms with Crippen LogP contribution in [0.25, 0.3) is 0 Å². The van der Waals surface area contributed by atoms with Gasteiger partial charge < -0.3 is 10.4 Å². The number of hydrogen-bond donors (Lipinski definition) is 2. The van der Waals surface area contributed by atoms with Gasteiger partial charge in [0, 0.05) is 19.5 Å². The van der Waals surface area contributed by atoms with E-state index in [1.165, 1.54) is 0 Å². The molecule has 15 heavy (non-hydrogen) atoms. The van der Waals surface area contributed by atoms with E-state index in [4.69, 9.17) is 6.42 Å². The number of rotatable bonds is 4. The third kappa shape index (κ3) is 3.86. The quantitative estimate of drug-likeness (QED) is 0.656. The number of terminal acetylenes is 1. The first-order valence-corrected chi connectivity index (χ1v) is 6.05. The zero-order valence-corrected chi connectivity index (χ0v) is 11.2. The number of nitrogens with one attached hydrogen (secondary N) is 1. The van der Waals surface area contributed by atoms with Crippen LogP contribution in [0, 0.1) is 12.3 Å². The lowest BCUT2D eigenvalue weighted by atomic mass is 10.2. The third-order valence-corrected chi connectivity index (χ3v) is 3.06. The Morgan fingerprint density at radius 3 is 2.47 bits per heavy atom. The molecule has 2 N–H and O–H groups in total. The Balaban J connectivity index is 2.59. The summed E-state index contributed by atoms with van der Waals surface area (Å²) >= 11 is 6.56. The fourth-order valence-corrected chi connectivity index (χ4v) is 2.39. The van der Waals surface area contributed by atoms with Crippen molar-refractivity contribution in [2.75, 3.05) is 6.54 Å². The molecule has 0 heterocycles. The van der Waals surface area contributed by atoms with Gasteiger partial charge in [-0.25, -0.2) is 0 Å². The Morgan fingerprint density at radius 1 is 1.33 bits per heavy atom. The Labute approximate surface area is 106 Å². The van der Waals surface area contributed by atoms with Gasteiger partial charge in [-0.15, -0.1) is 12.3 Å². The lowest BCUT2D eigenvalue weighted by molar-refractivity contribution is 0.468. The smallest absolute Gasteiger partial charge is 0.143 e. The topological polar surface area (TPSA) is 32.3 Å². The summed E-state index contributed by atoms with van der Waals surface area (Å²) < 4.78 is 1.37. The van der Waals surface area contributed by atoms with Crippen molar-refractivity contribution in [3.63, 3.8) is 0 Å². The Kier molecular flexibility index (Phi) is 5.16. The molecule has 0 aromatic heterocycles. The predicted molar refractivity (Wildman–Crippen MR) is 68.7 cm³/mol. The highest BCUT2D eigenvalue weighted by molar-refractivity contribution is 9.11. The summed E-state index contributed by atoms with van der Waals surface area (Å²) in [5, 5.41) is 12.7. The summed E-state index contributed by atoms with van der Waals surface area (Å²) in [6.07, 6.45) is 5.86. The summed E-state index contributed by atoms with van der Waals surface area (Å²) in [6, 6.07) is 3.76. The first kappa shape index (κ1) is 12.6. The largest absolute Gasteiger partial charge is 0.506 e. The van der Waals surface area contributed by atoms with E-state index in [1.54, 1.807) is 0 Å². The highest BCUT2D eigenvalue weighted by atomic mass is 79.9. The Hall–Kier alpha value is -0.500. The van der Waals surface area contributed by atoms with Gasteiger partial charge >= 0.3 is 0 Å². The molecule has 0 saturated heterocycles. The van der Waals surface area contributed by atoms with Crippen molar-refractivity contribution in [2.45, 2.75) is 13.0 Å². The third-order valence-electron chi connectivity index (χ3n) is 1.85. The second-order valence-electron chi connectivity index (χ2n) is 3.04. The fourth-order valence-electron chi connectivity index (χ4n) is 1.11. The first-order chi connectivity index (χ1) is 7.15. The molecular formula is C11H11Br2NO.